The molecule has 0 unspecified atom stereocenters. The number of aromatic nitrogens is 2. The van der Waals surface area contributed by atoms with E-state index >= 15 is 0 Å². The number of benzene rings is 1. The number of piperazine rings is 1. The molecule has 29 heavy (non-hydrogen) atoms. The molecule has 3 aromatic rings. The fourth-order valence-corrected chi connectivity index (χ4v) is 3.34. The normalized spacial score (nSPS) is 13.6. The molecule has 144 valence electrons. The number of carbonyl (C=O) groups is 1. The zero-order valence-corrected chi connectivity index (χ0v) is 15.8. The van der Waals surface area contributed by atoms with Gasteiger partial charge in [-0.05, 0) is 42.5 Å². The molecule has 2 aromatic heterocycles. The third kappa shape index (κ3) is 4.33. The Bertz CT molecular complexity index is 1040. The standard InChI is InChI=1S/C22H20N6O/c23-16-17-4-3-5-18(14-17)26-22(29)20-15-19(7-9-24-20)27-10-12-28(13-11-27)21-6-1-2-8-25-21/h1-9,14-15H,10-13H2,(H,26,29). The summed E-state index contributed by atoms with van der Waals surface area (Å²) in [7, 11) is 0. The van der Waals surface area contributed by atoms with Gasteiger partial charge in [-0.1, -0.05) is 12.1 Å². The summed E-state index contributed by atoms with van der Waals surface area (Å²) in [6, 6.07) is 18.5. The predicted molar refractivity (Wildman–Crippen MR) is 112 cm³/mol. The number of nitrogens with zero attached hydrogens (tertiary/aromatic N) is 5. The van der Waals surface area contributed by atoms with Crippen molar-refractivity contribution in [3.8, 4) is 6.07 Å². The summed E-state index contributed by atoms with van der Waals surface area (Å²) in [4.78, 5) is 25.7. The van der Waals surface area contributed by atoms with E-state index in [9.17, 15) is 4.79 Å². The number of hydrogen-bond acceptors (Lipinski definition) is 6. The molecule has 0 bridgehead atoms. The maximum absolute atomic E-state index is 12.6. The van der Waals surface area contributed by atoms with Gasteiger partial charge in [0.2, 0.25) is 0 Å². The van der Waals surface area contributed by atoms with Crippen molar-refractivity contribution >= 4 is 23.1 Å². The molecule has 0 atom stereocenters. The zero-order chi connectivity index (χ0) is 20.1. The highest BCUT2D eigenvalue weighted by molar-refractivity contribution is 6.03. The summed E-state index contributed by atoms with van der Waals surface area (Å²) < 4.78 is 0. The molecule has 1 saturated heterocycles. The Balaban J connectivity index is 1.42. The highest BCUT2D eigenvalue weighted by Gasteiger charge is 2.19. The first-order valence-electron chi connectivity index (χ1n) is 9.41. The van der Waals surface area contributed by atoms with E-state index in [0.29, 0.717) is 16.9 Å². The van der Waals surface area contributed by atoms with Crippen LogP contribution in [0.1, 0.15) is 16.1 Å². The van der Waals surface area contributed by atoms with Gasteiger partial charge in [0.05, 0.1) is 11.6 Å². The van der Waals surface area contributed by atoms with Crippen LogP contribution in [0.3, 0.4) is 0 Å². The minimum Gasteiger partial charge on any atom is -0.368 e. The summed E-state index contributed by atoms with van der Waals surface area (Å²) in [6.45, 7) is 3.40. The number of amides is 1. The third-order valence-electron chi connectivity index (χ3n) is 4.84. The third-order valence-corrected chi connectivity index (χ3v) is 4.84. The summed E-state index contributed by atoms with van der Waals surface area (Å²) in [5.74, 6) is 0.690. The molecule has 1 fully saturated rings. The van der Waals surface area contributed by atoms with Crippen molar-refractivity contribution in [3.05, 3.63) is 78.2 Å². The van der Waals surface area contributed by atoms with Crippen LogP contribution in [-0.4, -0.2) is 42.1 Å². The van der Waals surface area contributed by atoms with Gasteiger partial charge in [-0.3, -0.25) is 9.78 Å². The average molecular weight is 384 g/mol. The van der Waals surface area contributed by atoms with Gasteiger partial charge in [0.15, 0.2) is 0 Å². The Hall–Kier alpha value is -3.92. The summed E-state index contributed by atoms with van der Waals surface area (Å²) in [5.41, 5.74) is 2.38. The number of carbonyl (C=O) groups excluding carboxylic acids is 1. The number of pyridine rings is 2. The number of hydrogen-bond donors (Lipinski definition) is 1. The molecule has 0 radical (unpaired) electrons. The van der Waals surface area contributed by atoms with Crippen molar-refractivity contribution in [1.29, 1.82) is 5.26 Å². The Morgan fingerprint density at radius 3 is 2.52 bits per heavy atom. The molecule has 7 heteroatoms. The summed E-state index contributed by atoms with van der Waals surface area (Å²) in [5, 5.41) is 11.8. The van der Waals surface area contributed by atoms with Crippen molar-refractivity contribution in [2.45, 2.75) is 0 Å². The Kier molecular flexibility index (Phi) is 5.34. The molecule has 1 aliphatic heterocycles. The van der Waals surface area contributed by atoms with Crippen LogP contribution in [0.4, 0.5) is 17.2 Å². The van der Waals surface area contributed by atoms with Crippen LogP contribution in [0, 0.1) is 11.3 Å². The minimum absolute atomic E-state index is 0.297. The molecule has 1 aliphatic rings. The SMILES string of the molecule is N#Cc1cccc(NC(=O)c2cc(N3CCN(c4ccccn4)CC3)ccn2)c1. The summed E-state index contributed by atoms with van der Waals surface area (Å²) >= 11 is 0. The number of nitrogens with one attached hydrogen (secondary N) is 1. The van der Waals surface area contributed by atoms with Gasteiger partial charge in [0.1, 0.15) is 11.5 Å². The molecule has 0 aliphatic carbocycles. The van der Waals surface area contributed by atoms with Crippen molar-refractivity contribution in [2.75, 3.05) is 41.3 Å². The van der Waals surface area contributed by atoms with Crippen LogP contribution in [0.2, 0.25) is 0 Å². The first-order chi connectivity index (χ1) is 14.2. The second-order valence-electron chi connectivity index (χ2n) is 6.71. The van der Waals surface area contributed by atoms with E-state index in [-0.39, 0.29) is 5.91 Å². The second kappa shape index (κ2) is 8.40. The average Bonchev–Trinajstić information content (AvgIpc) is 2.80. The lowest BCUT2D eigenvalue weighted by Gasteiger charge is -2.36. The van der Waals surface area contributed by atoms with Gasteiger partial charge in [0.25, 0.3) is 5.91 Å². The molecule has 0 spiro atoms. The molecule has 0 saturated carbocycles. The number of anilines is 3. The van der Waals surface area contributed by atoms with Gasteiger partial charge in [-0.2, -0.15) is 5.26 Å². The molecule has 1 N–H and O–H groups in total. The number of nitriles is 1. The van der Waals surface area contributed by atoms with Crippen LogP contribution in [0.25, 0.3) is 0 Å². The van der Waals surface area contributed by atoms with Crippen molar-refractivity contribution in [3.63, 3.8) is 0 Å². The van der Waals surface area contributed by atoms with E-state index in [1.807, 2.05) is 30.5 Å². The van der Waals surface area contributed by atoms with Gasteiger partial charge < -0.3 is 15.1 Å². The minimum atomic E-state index is -0.297. The number of rotatable bonds is 4. The highest BCUT2D eigenvalue weighted by atomic mass is 16.1. The fourth-order valence-electron chi connectivity index (χ4n) is 3.34. The van der Waals surface area contributed by atoms with E-state index in [0.717, 1.165) is 37.7 Å². The topological polar surface area (TPSA) is 85.2 Å². The Morgan fingerprint density at radius 2 is 1.76 bits per heavy atom. The van der Waals surface area contributed by atoms with Gasteiger partial charge in [-0.15, -0.1) is 0 Å². The monoisotopic (exact) mass is 384 g/mol. The smallest absolute Gasteiger partial charge is 0.274 e. The molecule has 4 rings (SSSR count). The van der Waals surface area contributed by atoms with E-state index in [4.69, 9.17) is 5.26 Å². The highest BCUT2D eigenvalue weighted by Crippen LogP contribution is 2.20. The van der Waals surface area contributed by atoms with Crippen LogP contribution >= 0.6 is 0 Å². The van der Waals surface area contributed by atoms with Crippen LogP contribution in [0.15, 0.2) is 67.0 Å². The van der Waals surface area contributed by atoms with Gasteiger partial charge in [0, 0.05) is 49.9 Å². The lowest BCUT2D eigenvalue weighted by atomic mass is 10.2. The fraction of sp³-hybridized carbons (Fsp3) is 0.182. The van der Waals surface area contributed by atoms with Gasteiger partial charge >= 0.3 is 0 Å². The lowest BCUT2D eigenvalue weighted by molar-refractivity contribution is 0.102. The predicted octanol–water partition coefficient (Wildman–Crippen LogP) is 2.93. The van der Waals surface area contributed by atoms with Gasteiger partial charge in [-0.25, -0.2) is 4.98 Å². The van der Waals surface area contributed by atoms with Crippen LogP contribution in [-0.2, 0) is 0 Å². The maximum Gasteiger partial charge on any atom is 0.274 e. The van der Waals surface area contributed by atoms with Crippen molar-refractivity contribution in [2.24, 2.45) is 0 Å². The van der Waals surface area contributed by atoms with Crippen LogP contribution in [0.5, 0.6) is 0 Å². The van der Waals surface area contributed by atoms with Crippen molar-refractivity contribution < 1.29 is 4.79 Å². The van der Waals surface area contributed by atoms with Crippen LogP contribution < -0.4 is 15.1 Å². The Morgan fingerprint density at radius 1 is 0.931 bits per heavy atom. The van der Waals surface area contributed by atoms with Crippen molar-refractivity contribution in [1.82, 2.24) is 9.97 Å². The molecular weight excluding hydrogens is 364 g/mol. The molecule has 1 amide bonds. The lowest BCUT2D eigenvalue weighted by Crippen LogP contribution is -2.46. The second-order valence-corrected chi connectivity index (χ2v) is 6.71. The quantitative estimate of drug-likeness (QED) is 0.744. The summed E-state index contributed by atoms with van der Waals surface area (Å²) in [6.07, 6.45) is 3.46. The zero-order valence-electron chi connectivity index (χ0n) is 15.8. The first-order valence-corrected chi connectivity index (χ1v) is 9.41. The molecule has 1 aromatic carbocycles. The maximum atomic E-state index is 12.6. The first kappa shape index (κ1) is 18.4. The largest absolute Gasteiger partial charge is 0.368 e. The molecule has 7 nitrogen and oxygen atoms in total. The van der Waals surface area contributed by atoms with E-state index in [1.54, 1.807) is 36.5 Å². The van der Waals surface area contributed by atoms with E-state index in [1.165, 1.54) is 0 Å². The Labute approximate surface area is 169 Å². The molecule has 3 heterocycles. The van der Waals surface area contributed by atoms with E-state index < -0.39 is 0 Å². The van der Waals surface area contributed by atoms with E-state index in [2.05, 4.69) is 31.2 Å². The molecular formula is C22H20N6O.